The van der Waals surface area contributed by atoms with E-state index in [0.717, 1.165) is 0 Å². The summed E-state index contributed by atoms with van der Waals surface area (Å²) in [5.41, 5.74) is 2.34. The molecule has 2 fully saturated rings. The van der Waals surface area contributed by atoms with Gasteiger partial charge in [-0.2, -0.15) is 0 Å². The van der Waals surface area contributed by atoms with E-state index < -0.39 is 74.6 Å². The average Bonchev–Trinajstić information content (AvgIpc) is 2.66. The van der Waals surface area contributed by atoms with E-state index in [1.54, 1.807) is 0 Å². The van der Waals surface area contributed by atoms with Crippen molar-refractivity contribution in [3.63, 3.8) is 0 Å². The lowest BCUT2D eigenvalue weighted by Gasteiger charge is -2.45. The number of hydrazine groups is 1. The van der Waals surface area contributed by atoms with Crippen LogP contribution in [-0.2, 0) is 18.9 Å². The van der Waals surface area contributed by atoms with E-state index in [-0.39, 0.29) is 6.73 Å². The van der Waals surface area contributed by atoms with Crippen LogP contribution in [-0.4, -0.2) is 135 Å². The number of nitrogens with zero attached hydrogens (tertiary/aromatic N) is 1. The van der Waals surface area contributed by atoms with Crippen LogP contribution in [0.3, 0.4) is 0 Å². The number of hydroxylamine groups is 1. The minimum Gasteiger partial charge on any atom is -0.394 e. The number of hydrogen-bond acceptors (Lipinski definition) is 14. The molecular formula is C14H28N2O12. The van der Waals surface area contributed by atoms with E-state index in [2.05, 4.69) is 5.43 Å². The number of aliphatic hydroxyl groups is 7. The van der Waals surface area contributed by atoms with Crippen LogP contribution < -0.4 is 5.43 Å². The summed E-state index contributed by atoms with van der Waals surface area (Å²) in [4.78, 5) is 0. The first-order valence-corrected chi connectivity index (χ1v) is 8.57. The number of aliphatic hydroxyl groups excluding tert-OH is 7. The van der Waals surface area contributed by atoms with Gasteiger partial charge >= 0.3 is 0 Å². The summed E-state index contributed by atoms with van der Waals surface area (Å²) >= 11 is 0. The first-order chi connectivity index (χ1) is 13.2. The molecule has 2 heterocycles. The number of nitrogens with one attached hydrogen (secondary N) is 1. The molecule has 2 aliphatic heterocycles. The van der Waals surface area contributed by atoms with Crippen molar-refractivity contribution in [2.45, 2.75) is 61.4 Å². The van der Waals surface area contributed by atoms with Crippen molar-refractivity contribution >= 4 is 0 Å². The van der Waals surface area contributed by atoms with Crippen LogP contribution in [0.5, 0.6) is 0 Å². The highest BCUT2D eigenvalue weighted by molar-refractivity contribution is 4.94. The van der Waals surface area contributed by atoms with Crippen LogP contribution in [0.25, 0.3) is 0 Å². The highest BCUT2D eigenvalue weighted by Crippen LogP contribution is 2.29. The molecule has 9 N–H and O–H groups in total. The van der Waals surface area contributed by atoms with Crippen molar-refractivity contribution in [3.05, 3.63) is 0 Å². The molecular weight excluding hydrogens is 388 g/mol. The third kappa shape index (κ3) is 5.32. The third-order valence-corrected chi connectivity index (χ3v) is 4.50. The summed E-state index contributed by atoms with van der Waals surface area (Å²) in [5.74, 6) is 0. The van der Waals surface area contributed by atoms with Gasteiger partial charge in [-0.3, -0.25) is 5.21 Å². The van der Waals surface area contributed by atoms with Gasteiger partial charge in [0.25, 0.3) is 0 Å². The molecule has 0 radical (unpaired) electrons. The molecule has 2 saturated heterocycles. The van der Waals surface area contributed by atoms with Crippen LogP contribution in [0.15, 0.2) is 0 Å². The van der Waals surface area contributed by atoms with Crippen LogP contribution in [0.4, 0.5) is 0 Å². The smallest absolute Gasteiger partial charge is 0.188 e. The normalized spacial score (nSPS) is 44.8. The molecule has 0 unspecified atom stereocenters. The lowest BCUT2D eigenvalue weighted by Crippen LogP contribution is -2.64. The van der Waals surface area contributed by atoms with Crippen molar-refractivity contribution in [3.8, 4) is 0 Å². The second-order valence-corrected chi connectivity index (χ2v) is 6.50. The average molecular weight is 416 g/mol. The van der Waals surface area contributed by atoms with Crippen LogP contribution in [0.2, 0.25) is 0 Å². The molecule has 0 spiro atoms. The van der Waals surface area contributed by atoms with Gasteiger partial charge in [0.15, 0.2) is 12.6 Å². The highest BCUT2D eigenvalue weighted by Gasteiger charge is 2.50. The first-order valence-electron chi connectivity index (χ1n) is 8.57. The van der Waals surface area contributed by atoms with Gasteiger partial charge in [-0.05, 0) is 0 Å². The number of hydrogen-bond donors (Lipinski definition) is 9. The SMILES string of the molecule is CN(O)NCO[C@H]1O[C@H](CO)[C@@H](O[C@@H]2O[C@H](CO)[C@@H](O)[C@H](O)[C@H]2O)[C@H](O)[C@H]1O. The van der Waals surface area contributed by atoms with Gasteiger partial charge in [-0.25, -0.2) is 5.43 Å². The van der Waals surface area contributed by atoms with E-state index in [1.165, 1.54) is 7.05 Å². The molecule has 0 aromatic carbocycles. The van der Waals surface area contributed by atoms with Gasteiger partial charge in [0, 0.05) is 7.05 Å². The molecule has 0 saturated carbocycles. The Morgan fingerprint density at radius 3 is 1.96 bits per heavy atom. The standard InChI is InChI=1S/C14H28N2O12/c1-16(24)15-4-25-13-11(23)9(21)12(6(3-18)27-13)28-14-10(22)8(20)7(19)5(2-17)26-14/h5-15,17-24H,2-4H2,1H3/t5-,6-,7-,8+,9-,10-,11-,12-,13+,14+/m1/s1. The van der Waals surface area contributed by atoms with E-state index in [0.29, 0.717) is 5.17 Å². The van der Waals surface area contributed by atoms with Crippen molar-refractivity contribution in [1.82, 2.24) is 10.6 Å². The molecule has 166 valence electrons. The predicted octanol–water partition coefficient (Wildman–Crippen LogP) is -5.59. The Hall–Kier alpha value is -0.560. The fraction of sp³-hybridized carbons (Fsp3) is 1.00. The quantitative estimate of drug-likeness (QED) is 0.133. The lowest BCUT2D eigenvalue weighted by atomic mass is 9.97. The Morgan fingerprint density at radius 2 is 1.39 bits per heavy atom. The van der Waals surface area contributed by atoms with Gasteiger partial charge in [0.1, 0.15) is 55.6 Å². The van der Waals surface area contributed by atoms with Crippen LogP contribution in [0.1, 0.15) is 0 Å². The Balaban J connectivity index is 2.04. The summed E-state index contributed by atoms with van der Waals surface area (Å²) in [6.45, 7) is -1.64. The fourth-order valence-corrected chi connectivity index (χ4v) is 2.91. The maximum atomic E-state index is 10.4. The summed E-state index contributed by atoms with van der Waals surface area (Å²) in [5, 5.41) is 78.5. The van der Waals surface area contributed by atoms with Crippen molar-refractivity contribution < 1.29 is 59.9 Å². The van der Waals surface area contributed by atoms with Crippen molar-refractivity contribution in [2.75, 3.05) is 27.0 Å². The van der Waals surface area contributed by atoms with Crippen LogP contribution >= 0.6 is 0 Å². The van der Waals surface area contributed by atoms with Crippen molar-refractivity contribution in [1.29, 1.82) is 0 Å². The minimum absolute atomic E-state index is 0.294. The maximum Gasteiger partial charge on any atom is 0.188 e. The Morgan fingerprint density at radius 1 is 0.821 bits per heavy atom. The maximum absolute atomic E-state index is 10.4. The van der Waals surface area contributed by atoms with E-state index in [1.807, 2.05) is 0 Å². The highest BCUT2D eigenvalue weighted by atomic mass is 16.7. The molecule has 14 heteroatoms. The van der Waals surface area contributed by atoms with Crippen molar-refractivity contribution in [2.24, 2.45) is 0 Å². The van der Waals surface area contributed by atoms with Gasteiger partial charge < -0.3 is 54.7 Å². The first kappa shape index (κ1) is 23.7. The topological polar surface area (TPSA) is 214 Å². The zero-order chi connectivity index (χ0) is 21.0. The summed E-state index contributed by atoms with van der Waals surface area (Å²) < 4.78 is 21.1. The summed E-state index contributed by atoms with van der Waals surface area (Å²) in [6.07, 6.45) is -15.2. The lowest BCUT2D eigenvalue weighted by molar-refractivity contribution is -0.361. The van der Waals surface area contributed by atoms with Gasteiger partial charge in [0.2, 0.25) is 0 Å². The molecule has 14 nitrogen and oxygen atoms in total. The number of ether oxygens (including phenoxy) is 4. The molecule has 2 rings (SSSR count). The zero-order valence-corrected chi connectivity index (χ0v) is 15.1. The molecule has 0 aliphatic carbocycles. The molecule has 0 aromatic rings. The van der Waals surface area contributed by atoms with Crippen LogP contribution in [0, 0.1) is 0 Å². The van der Waals surface area contributed by atoms with E-state index in [4.69, 9.17) is 24.2 Å². The molecule has 0 aromatic heterocycles. The summed E-state index contributed by atoms with van der Waals surface area (Å²) in [7, 11) is 1.28. The molecule has 2 aliphatic rings. The largest absolute Gasteiger partial charge is 0.394 e. The minimum atomic E-state index is -1.74. The van der Waals surface area contributed by atoms with Gasteiger partial charge in [-0.1, -0.05) is 0 Å². The second kappa shape index (κ2) is 10.5. The molecule has 28 heavy (non-hydrogen) atoms. The van der Waals surface area contributed by atoms with E-state index >= 15 is 0 Å². The monoisotopic (exact) mass is 416 g/mol. The summed E-state index contributed by atoms with van der Waals surface area (Å²) in [6, 6.07) is 0. The number of rotatable bonds is 8. The zero-order valence-electron chi connectivity index (χ0n) is 15.1. The Bertz CT molecular complexity index is 470. The fourth-order valence-electron chi connectivity index (χ4n) is 2.91. The molecule has 10 atom stereocenters. The third-order valence-electron chi connectivity index (χ3n) is 4.50. The molecule has 0 bridgehead atoms. The Labute approximate surface area is 160 Å². The Kier molecular flexibility index (Phi) is 8.86. The molecule has 0 amide bonds. The van der Waals surface area contributed by atoms with E-state index in [9.17, 15) is 35.7 Å². The van der Waals surface area contributed by atoms with Gasteiger partial charge in [-0.15, -0.1) is 5.17 Å². The van der Waals surface area contributed by atoms with Gasteiger partial charge in [0.05, 0.1) is 13.2 Å². The second-order valence-electron chi connectivity index (χ2n) is 6.50. The predicted molar refractivity (Wildman–Crippen MR) is 85.0 cm³/mol.